The van der Waals surface area contributed by atoms with Crippen molar-refractivity contribution in [3.63, 3.8) is 0 Å². The predicted molar refractivity (Wildman–Crippen MR) is 72.3 cm³/mol. The third-order valence-electron chi connectivity index (χ3n) is 3.31. The molecule has 0 saturated carbocycles. The lowest BCUT2D eigenvalue weighted by Crippen LogP contribution is -2.28. The molecule has 2 rings (SSSR count). The van der Waals surface area contributed by atoms with Crippen LogP contribution in [0.15, 0.2) is 17.4 Å². The Morgan fingerprint density at radius 3 is 2.89 bits per heavy atom. The molecule has 5 nitrogen and oxygen atoms in total. The quantitative estimate of drug-likeness (QED) is 0.373. The number of anilines is 1. The number of pyridine rings is 1. The molecule has 1 fully saturated rings. The molecule has 1 saturated heterocycles. The maximum atomic E-state index is 8.73. The van der Waals surface area contributed by atoms with Gasteiger partial charge in [0.05, 0.1) is 5.02 Å². The van der Waals surface area contributed by atoms with E-state index in [0.717, 1.165) is 13.0 Å². The van der Waals surface area contributed by atoms with Crippen molar-refractivity contribution >= 4 is 23.3 Å². The number of hydrogen-bond donors (Lipinski definition) is 2. The molecule has 6 heteroatoms. The first-order valence-corrected chi connectivity index (χ1v) is 6.31. The molecule has 98 valence electrons. The molecule has 1 aromatic heterocycles. The summed E-state index contributed by atoms with van der Waals surface area (Å²) in [6, 6.07) is 2.04. The highest BCUT2D eigenvalue weighted by Gasteiger charge is 2.29. The molecule has 0 aromatic carbocycles. The monoisotopic (exact) mass is 268 g/mol. The lowest BCUT2D eigenvalue weighted by atomic mass is 10.1. The highest BCUT2D eigenvalue weighted by Crippen LogP contribution is 2.33. The Labute approximate surface area is 111 Å². The van der Waals surface area contributed by atoms with Crippen LogP contribution < -0.4 is 10.6 Å². The number of nitrogens with zero attached hydrogens (tertiary/aromatic N) is 3. The van der Waals surface area contributed by atoms with Gasteiger partial charge in [-0.2, -0.15) is 0 Å². The lowest BCUT2D eigenvalue weighted by molar-refractivity contribution is 0.318. The fourth-order valence-electron chi connectivity index (χ4n) is 2.48. The van der Waals surface area contributed by atoms with Crippen molar-refractivity contribution < 1.29 is 5.21 Å². The summed E-state index contributed by atoms with van der Waals surface area (Å²) in [6.07, 6.45) is 2.75. The van der Waals surface area contributed by atoms with Gasteiger partial charge in [0.2, 0.25) is 0 Å². The van der Waals surface area contributed by atoms with E-state index in [4.69, 9.17) is 22.5 Å². The normalized spacial score (nSPS) is 24.6. The van der Waals surface area contributed by atoms with Gasteiger partial charge >= 0.3 is 0 Å². The molecule has 0 spiro atoms. The van der Waals surface area contributed by atoms with Gasteiger partial charge in [0.25, 0.3) is 0 Å². The first-order chi connectivity index (χ1) is 8.54. The molecule has 0 radical (unpaired) electrons. The van der Waals surface area contributed by atoms with Crippen molar-refractivity contribution in [1.29, 1.82) is 0 Å². The van der Waals surface area contributed by atoms with Crippen LogP contribution in [0.5, 0.6) is 0 Å². The second-order valence-corrected chi connectivity index (χ2v) is 5.20. The second kappa shape index (κ2) is 5.02. The lowest BCUT2D eigenvalue weighted by Gasteiger charge is -2.24. The summed E-state index contributed by atoms with van der Waals surface area (Å²) in [5.74, 6) is 1.33. The van der Waals surface area contributed by atoms with E-state index in [1.165, 1.54) is 0 Å². The van der Waals surface area contributed by atoms with Crippen molar-refractivity contribution in [3.8, 4) is 0 Å². The van der Waals surface area contributed by atoms with Crippen LogP contribution in [0.4, 0.5) is 5.82 Å². The molecule has 2 atom stereocenters. The zero-order valence-electron chi connectivity index (χ0n) is 10.5. The summed E-state index contributed by atoms with van der Waals surface area (Å²) in [7, 11) is 0. The Kier molecular flexibility index (Phi) is 3.61. The van der Waals surface area contributed by atoms with E-state index in [1.807, 2.05) is 0 Å². The second-order valence-electron chi connectivity index (χ2n) is 4.82. The highest BCUT2D eigenvalue weighted by atomic mass is 35.5. The van der Waals surface area contributed by atoms with Gasteiger partial charge in [0.1, 0.15) is 5.82 Å². The zero-order chi connectivity index (χ0) is 13.3. The van der Waals surface area contributed by atoms with Gasteiger partial charge in [-0.1, -0.05) is 23.7 Å². The third kappa shape index (κ3) is 2.22. The summed E-state index contributed by atoms with van der Waals surface area (Å²) < 4.78 is 0. The van der Waals surface area contributed by atoms with Crippen LogP contribution in [-0.2, 0) is 0 Å². The van der Waals surface area contributed by atoms with Crippen molar-refractivity contribution in [2.24, 2.45) is 16.8 Å². The molecule has 2 heterocycles. The molecule has 1 aromatic rings. The Bertz CT molecular complexity index is 477. The van der Waals surface area contributed by atoms with Gasteiger partial charge in [-0.15, -0.1) is 0 Å². The SMILES string of the molecule is CC1CC(C)N(c2nccc(/C(N)=N/O)c2Cl)C1. The van der Waals surface area contributed by atoms with Gasteiger partial charge in [-0.05, 0) is 25.3 Å². The molecule has 2 unspecified atom stereocenters. The van der Waals surface area contributed by atoms with Gasteiger partial charge in [0, 0.05) is 24.3 Å². The maximum Gasteiger partial charge on any atom is 0.171 e. The first kappa shape index (κ1) is 13.0. The Hall–Kier alpha value is -1.49. The van der Waals surface area contributed by atoms with Crippen LogP contribution in [0.3, 0.4) is 0 Å². The molecule has 0 amide bonds. The van der Waals surface area contributed by atoms with E-state index >= 15 is 0 Å². The number of hydrogen-bond acceptors (Lipinski definition) is 4. The van der Waals surface area contributed by atoms with Crippen LogP contribution in [0.2, 0.25) is 5.02 Å². The average Bonchev–Trinajstić information content (AvgIpc) is 2.68. The van der Waals surface area contributed by atoms with Crippen molar-refractivity contribution in [1.82, 2.24) is 4.98 Å². The predicted octanol–water partition coefficient (Wildman–Crippen LogP) is 2.06. The summed E-state index contributed by atoms with van der Waals surface area (Å²) in [4.78, 5) is 6.49. The summed E-state index contributed by atoms with van der Waals surface area (Å²) >= 11 is 6.30. The highest BCUT2D eigenvalue weighted by molar-refractivity contribution is 6.36. The van der Waals surface area contributed by atoms with E-state index in [1.54, 1.807) is 12.3 Å². The van der Waals surface area contributed by atoms with E-state index in [2.05, 4.69) is 28.9 Å². The smallest absolute Gasteiger partial charge is 0.171 e. The van der Waals surface area contributed by atoms with Gasteiger partial charge in [-0.3, -0.25) is 0 Å². The Balaban J connectivity index is 2.40. The van der Waals surface area contributed by atoms with Crippen molar-refractivity contribution in [2.45, 2.75) is 26.3 Å². The standard InChI is InChI=1S/C12H17ClN4O/c1-7-5-8(2)17(6-7)12-10(13)9(3-4-15-12)11(14)16-18/h3-4,7-8,18H,5-6H2,1-2H3,(H2,14,16). The molecule has 3 N–H and O–H groups in total. The van der Waals surface area contributed by atoms with E-state index in [0.29, 0.717) is 28.4 Å². The van der Waals surface area contributed by atoms with E-state index in [-0.39, 0.29) is 5.84 Å². The molecule has 0 bridgehead atoms. The van der Waals surface area contributed by atoms with Gasteiger partial charge < -0.3 is 15.8 Å². The Morgan fingerprint density at radius 2 is 2.33 bits per heavy atom. The maximum absolute atomic E-state index is 8.73. The molecular weight excluding hydrogens is 252 g/mol. The van der Waals surface area contributed by atoms with Crippen molar-refractivity contribution in [3.05, 3.63) is 22.8 Å². The minimum absolute atomic E-state index is 0.00329. The number of nitrogens with two attached hydrogens (primary N) is 1. The minimum Gasteiger partial charge on any atom is -0.409 e. The molecule has 18 heavy (non-hydrogen) atoms. The molecular formula is C12H17ClN4O. The van der Waals surface area contributed by atoms with Gasteiger partial charge in [-0.25, -0.2) is 4.98 Å². The number of oxime groups is 1. The van der Waals surface area contributed by atoms with Crippen LogP contribution in [0, 0.1) is 5.92 Å². The molecule has 1 aliphatic heterocycles. The summed E-state index contributed by atoms with van der Waals surface area (Å²) in [5.41, 5.74) is 6.10. The molecule has 1 aliphatic rings. The van der Waals surface area contributed by atoms with Crippen LogP contribution in [0.1, 0.15) is 25.8 Å². The molecule has 0 aliphatic carbocycles. The van der Waals surface area contributed by atoms with E-state index < -0.39 is 0 Å². The third-order valence-corrected chi connectivity index (χ3v) is 3.68. The average molecular weight is 269 g/mol. The number of amidine groups is 1. The largest absolute Gasteiger partial charge is 0.409 e. The fraction of sp³-hybridized carbons (Fsp3) is 0.500. The van der Waals surface area contributed by atoms with Crippen LogP contribution >= 0.6 is 11.6 Å². The van der Waals surface area contributed by atoms with Crippen LogP contribution in [-0.4, -0.2) is 28.6 Å². The minimum atomic E-state index is 0.00329. The summed E-state index contributed by atoms with van der Waals surface area (Å²) in [6.45, 7) is 5.28. The van der Waals surface area contributed by atoms with E-state index in [9.17, 15) is 0 Å². The van der Waals surface area contributed by atoms with Gasteiger partial charge in [0.15, 0.2) is 5.84 Å². The zero-order valence-corrected chi connectivity index (χ0v) is 11.2. The van der Waals surface area contributed by atoms with Crippen LogP contribution in [0.25, 0.3) is 0 Å². The summed E-state index contributed by atoms with van der Waals surface area (Å²) in [5, 5.41) is 12.2. The van der Waals surface area contributed by atoms with Crippen molar-refractivity contribution in [2.75, 3.05) is 11.4 Å². The number of rotatable bonds is 2. The number of halogens is 1. The Morgan fingerprint density at radius 1 is 1.61 bits per heavy atom. The number of aromatic nitrogens is 1. The fourth-order valence-corrected chi connectivity index (χ4v) is 2.80. The first-order valence-electron chi connectivity index (χ1n) is 5.93. The topological polar surface area (TPSA) is 74.7 Å².